The lowest BCUT2D eigenvalue weighted by molar-refractivity contribution is 0.0342. The molecule has 0 bridgehead atoms. The van der Waals surface area contributed by atoms with Crippen molar-refractivity contribution in [2.24, 2.45) is 0 Å². The van der Waals surface area contributed by atoms with Gasteiger partial charge in [0.15, 0.2) is 0 Å². The number of morpholine rings is 1. The molecule has 1 fully saturated rings. The van der Waals surface area contributed by atoms with E-state index in [2.05, 4.69) is 20.5 Å². The zero-order chi connectivity index (χ0) is 15.1. The Morgan fingerprint density at radius 3 is 2.81 bits per heavy atom. The van der Waals surface area contributed by atoms with Gasteiger partial charge in [-0.1, -0.05) is 0 Å². The van der Waals surface area contributed by atoms with E-state index in [1.54, 1.807) is 12.3 Å². The average Bonchev–Trinajstić information content (AvgIpc) is 2.49. The van der Waals surface area contributed by atoms with Crippen molar-refractivity contribution in [1.82, 2.24) is 15.2 Å². The summed E-state index contributed by atoms with van der Waals surface area (Å²) in [5.74, 6) is -0.126. The average molecular weight is 292 g/mol. The van der Waals surface area contributed by atoms with Crippen molar-refractivity contribution in [3.05, 3.63) is 24.0 Å². The van der Waals surface area contributed by atoms with Gasteiger partial charge in [-0.15, -0.1) is 0 Å². The summed E-state index contributed by atoms with van der Waals surface area (Å²) in [5.41, 5.74) is 1.38. The van der Waals surface area contributed by atoms with Crippen molar-refractivity contribution in [1.29, 1.82) is 0 Å². The fourth-order valence-corrected chi connectivity index (χ4v) is 2.35. The van der Waals surface area contributed by atoms with Crippen LogP contribution in [0.3, 0.4) is 0 Å². The fraction of sp³-hybridized carbons (Fsp3) is 0.600. The Kier molecular flexibility index (Phi) is 5.95. The standard InChI is InChI=1S/C15H24N4O2/c1-3-16-13-4-5-14(17-10-13)15(20)18-12(2)11-19-6-8-21-9-7-19/h4-5,10,12,16H,3,6-9,11H2,1-2H3,(H,18,20). The van der Waals surface area contributed by atoms with Crippen molar-refractivity contribution < 1.29 is 9.53 Å². The van der Waals surface area contributed by atoms with Crippen molar-refractivity contribution >= 4 is 11.6 Å². The summed E-state index contributed by atoms with van der Waals surface area (Å²) in [5, 5.41) is 6.15. The van der Waals surface area contributed by atoms with Crippen LogP contribution >= 0.6 is 0 Å². The summed E-state index contributed by atoms with van der Waals surface area (Å²) in [6, 6.07) is 3.71. The molecule has 1 aliphatic heterocycles. The van der Waals surface area contributed by atoms with E-state index in [0.29, 0.717) is 5.69 Å². The van der Waals surface area contributed by atoms with Gasteiger partial charge in [-0.05, 0) is 26.0 Å². The lowest BCUT2D eigenvalue weighted by Crippen LogP contribution is -2.46. The summed E-state index contributed by atoms with van der Waals surface area (Å²) in [4.78, 5) is 18.6. The van der Waals surface area contributed by atoms with Crippen molar-refractivity contribution in [2.75, 3.05) is 44.7 Å². The maximum absolute atomic E-state index is 12.1. The molecule has 0 aromatic carbocycles. The number of ether oxygens (including phenoxy) is 1. The molecule has 6 nitrogen and oxygen atoms in total. The highest BCUT2D eigenvalue weighted by atomic mass is 16.5. The van der Waals surface area contributed by atoms with Gasteiger partial charge in [0.2, 0.25) is 0 Å². The Labute approximate surface area is 125 Å². The predicted molar refractivity (Wildman–Crippen MR) is 82.6 cm³/mol. The Bertz CT molecular complexity index is 443. The minimum atomic E-state index is -0.126. The summed E-state index contributed by atoms with van der Waals surface area (Å²) in [6.45, 7) is 9.11. The Morgan fingerprint density at radius 1 is 1.43 bits per heavy atom. The topological polar surface area (TPSA) is 66.5 Å². The summed E-state index contributed by atoms with van der Waals surface area (Å²) in [6.07, 6.45) is 1.69. The van der Waals surface area contributed by atoms with Crippen molar-refractivity contribution in [2.45, 2.75) is 19.9 Å². The van der Waals surface area contributed by atoms with Gasteiger partial charge >= 0.3 is 0 Å². The van der Waals surface area contributed by atoms with E-state index in [1.807, 2.05) is 19.9 Å². The van der Waals surface area contributed by atoms with Crippen LogP contribution in [0.5, 0.6) is 0 Å². The molecule has 1 aromatic rings. The normalized spacial score (nSPS) is 17.2. The summed E-state index contributed by atoms with van der Waals surface area (Å²) >= 11 is 0. The third kappa shape index (κ3) is 4.99. The van der Waals surface area contributed by atoms with Crippen LogP contribution in [0.4, 0.5) is 5.69 Å². The van der Waals surface area contributed by atoms with Gasteiger partial charge in [0, 0.05) is 32.2 Å². The van der Waals surface area contributed by atoms with Gasteiger partial charge in [-0.3, -0.25) is 9.69 Å². The number of hydrogen-bond donors (Lipinski definition) is 2. The van der Waals surface area contributed by atoms with Crippen LogP contribution in [0.1, 0.15) is 24.3 Å². The van der Waals surface area contributed by atoms with E-state index in [4.69, 9.17) is 4.74 Å². The molecular weight excluding hydrogens is 268 g/mol. The van der Waals surface area contributed by atoms with E-state index in [0.717, 1.165) is 45.1 Å². The minimum Gasteiger partial charge on any atom is -0.384 e. The first-order chi connectivity index (χ1) is 10.2. The maximum Gasteiger partial charge on any atom is 0.270 e. The van der Waals surface area contributed by atoms with Crippen LogP contribution in [0.25, 0.3) is 0 Å². The van der Waals surface area contributed by atoms with Gasteiger partial charge in [-0.25, -0.2) is 4.98 Å². The summed E-state index contributed by atoms with van der Waals surface area (Å²) in [7, 11) is 0. The molecule has 0 spiro atoms. The van der Waals surface area contributed by atoms with Crippen LogP contribution in [0.2, 0.25) is 0 Å². The predicted octanol–water partition coefficient (Wildman–Crippen LogP) is 0.964. The SMILES string of the molecule is CCNc1ccc(C(=O)NC(C)CN2CCOCC2)nc1. The summed E-state index contributed by atoms with van der Waals surface area (Å²) < 4.78 is 5.32. The molecule has 2 rings (SSSR count). The van der Waals surface area contributed by atoms with E-state index in [9.17, 15) is 4.79 Å². The highest BCUT2D eigenvalue weighted by molar-refractivity contribution is 5.92. The van der Waals surface area contributed by atoms with Crippen molar-refractivity contribution in [3.63, 3.8) is 0 Å². The second kappa shape index (κ2) is 7.95. The lowest BCUT2D eigenvalue weighted by atomic mass is 10.2. The monoisotopic (exact) mass is 292 g/mol. The molecule has 6 heteroatoms. The van der Waals surface area contributed by atoms with E-state index >= 15 is 0 Å². The second-order valence-corrected chi connectivity index (χ2v) is 5.25. The van der Waals surface area contributed by atoms with Gasteiger partial charge < -0.3 is 15.4 Å². The molecular formula is C15H24N4O2. The first-order valence-corrected chi connectivity index (χ1v) is 7.50. The zero-order valence-corrected chi connectivity index (χ0v) is 12.8. The fourth-order valence-electron chi connectivity index (χ4n) is 2.35. The first kappa shape index (κ1) is 15.7. The number of hydrogen-bond acceptors (Lipinski definition) is 5. The maximum atomic E-state index is 12.1. The number of aromatic nitrogens is 1. The van der Waals surface area contributed by atoms with Gasteiger partial charge in [0.25, 0.3) is 5.91 Å². The van der Waals surface area contributed by atoms with Crippen LogP contribution in [-0.2, 0) is 4.74 Å². The quantitative estimate of drug-likeness (QED) is 0.817. The molecule has 2 heterocycles. The number of pyridine rings is 1. The highest BCUT2D eigenvalue weighted by Crippen LogP contribution is 2.06. The number of nitrogens with one attached hydrogen (secondary N) is 2. The second-order valence-electron chi connectivity index (χ2n) is 5.25. The molecule has 2 N–H and O–H groups in total. The number of anilines is 1. The van der Waals surface area contributed by atoms with Crippen LogP contribution in [0, 0.1) is 0 Å². The molecule has 1 amide bonds. The smallest absolute Gasteiger partial charge is 0.270 e. The van der Waals surface area contributed by atoms with Gasteiger partial charge in [0.1, 0.15) is 5.69 Å². The molecule has 1 unspecified atom stereocenters. The van der Waals surface area contributed by atoms with E-state index < -0.39 is 0 Å². The number of amides is 1. The number of rotatable bonds is 6. The first-order valence-electron chi connectivity index (χ1n) is 7.50. The van der Waals surface area contributed by atoms with Gasteiger partial charge in [-0.2, -0.15) is 0 Å². The third-order valence-corrected chi connectivity index (χ3v) is 3.39. The van der Waals surface area contributed by atoms with Gasteiger partial charge in [0.05, 0.1) is 25.1 Å². The number of carbonyl (C=O) groups excluding carboxylic acids is 1. The Morgan fingerprint density at radius 2 is 2.19 bits per heavy atom. The number of carbonyl (C=O) groups is 1. The Hall–Kier alpha value is -1.66. The molecule has 0 aliphatic carbocycles. The Balaban J connectivity index is 1.82. The lowest BCUT2D eigenvalue weighted by Gasteiger charge is -2.29. The molecule has 0 saturated carbocycles. The van der Waals surface area contributed by atoms with E-state index in [-0.39, 0.29) is 11.9 Å². The van der Waals surface area contributed by atoms with Crippen LogP contribution < -0.4 is 10.6 Å². The number of nitrogens with zero attached hydrogens (tertiary/aromatic N) is 2. The molecule has 1 atom stereocenters. The molecule has 21 heavy (non-hydrogen) atoms. The molecule has 1 saturated heterocycles. The van der Waals surface area contributed by atoms with E-state index in [1.165, 1.54) is 0 Å². The molecule has 1 aliphatic rings. The largest absolute Gasteiger partial charge is 0.384 e. The van der Waals surface area contributed by atoms with Crippen LogP contribution in [0.15, 0.2) is 18.3 Å². The zero-order valence-electron chi connectivity index (χ0n) is 12.8. The molecule has 116 valence electrons. The highest BCUT2D eigenvalue weighted by Gasteiger charge is 2.16. The minimum absolute atomic E-state index is 0.0887. The van der Waals surface area contributed by atoms with Crippen molar-refractivity contribution in [3.8, 4) is 0 Å². The molecule has 1 aromatic heterocycles. The molecule has 0 radical (unpaired) electrons. The van der Waals surface area contributed by atoms with Crippen LogP contribution in [-0.4, -0.2) is 61.2 Å². The third-order valence-electron chi connectivity index (χ3n) is 3.39.